The number of hydrogen-bond acceptors (Lipinski definition) is 3. The number of carbonyl (C=O) groups is 1. The van der Waals surface area contributed by atoms with Gasteiger partial charge in [-0.05, 0) is 46.1 Å². The highest BCUT2D eigenvalue weighted by Crippen LogP contribution is 2.07. The number of amides is 1. The fraction of sp³-hybridized carbons (Fsp3) is 0.611. The van der Waals surface area contributed by atoms with Crippen molar-refractivity contribution in [1.82, 2.24) is 10.6 Å². The molecule has 1 amide bonds. The molecule has 0 radical (unpaired) electrons. The van der Waals surface area contributed by atoms with Crippen molar-refractivity contribution in [1.29, 1.82) is 0 Å². The van der Waals surface area contributed by atoms with Crippen LogP contribution in [0.25, 0.3) is 0 Å². The Labute approximate surface area is 134 Å². The van der Waals surface area contributed by atoms with Crippen molar-refractivity contribution in [3.63, 3.8) is 0 Å². The van der Waals surface area contributed by atoms with Crippen LogP contribution in [0.5, 0.6) is 0 Å². The van der Waals surface area contributed by atoms with E-state index in [4.69, 9.17) is 4.74 Å². The Morgan fingerprint density at radius 2 is 1.86 bits per heavy atom. The minimum atomic E-state index is -0.462. The molecule has 4 nitrogen and oxygen atoms in total. The summed E-state index contributed by atoms with van der Waals surface area (Å²) in [4.78, 5) is 11.8. The van der Waals surface area contributed by atoms with Crippen LogP contribution >= 0.6 is 0 Å². The number of benzene rings is 1. The molecule has 0 spiro atoms. The molecule has 0 bridgehead atoms. The molecule has 4 heteroatoms. The molecule has 2 unspecified atom stereocenters. The third-order valence-electron chi connectivity index (χ3n) is 3.31. The minimum Gasteiger partial charge on any atom is -0.444 e. The molecule has 22 heavy (non-hydrogen) atoms. The maximum atomic E-state index is 11.8. The summed E-state index contributed by atoms with van der Waals surface area (Å²) >= 11 is 0. The Morgan fingerprint density at radius 1 is 1.23 bits per heavy atom. The summed E-state index contributed by atoms with van der Waals surface area (Å²) in [5.74, 6) is 0. The van der Waals surface area contributed by atoms with Crippen molar-refractivity contribution >= 4 is 6.09 Å². The van der Waals surface area contributed by atoms with Crippen molar-refractivity contribution in [3.05, 3.63) is 35.9 Å². The molecule has 0 aromatic heterocycles. The third kappa shape index (κ3) is 8.03. The van der Waals surface area contributed by atoms with Crippen molar-refractivity contribution in [2.24, 2.45) is 0 Å². The lowest BCUT2D eigenvalue weighted by atomic mass is 10.1. The van der Waals surface area contributed by atoms with Gasteiger partial charge in [0.2, 0.25) is 0 Å². The monoisotopic (exact) mass is 306 g/mol. The number of nitrogens with one attached hydrogen (secondary N) is 2. The van der Waals surface area contributed by atoms with Gasteiger partial charge in [-0.25, -0.2) is 4.79 Å². The van der Waals surface area contributed by atoms with Crippen LogP contribution in [0.4, 0.5) is 4.79 Å². The molecule has 0 aliphatic heterocycles. The van der Waals surface area contributed by atoms with Crippen LogP contribution in [0.3, 0.4) is 0 Å². The molecular weight excluding hydrogens is 276 g/mol. The van der Waals surface area contributed by atoms with Crippen LogP contribution in [0.1, 0.15) is 46.6 Å². The summed E-state index contributed by atoms with van der Waals surface area (Å²) in [6.07, 6.45) is 1.49. The lowest BCUT2D eigenvalue weighted by molar-refractivity contribution is 0.0502. The Kier molecular flexibility index (Phi) is 7.39. The van der Waals surface area contributed by atoms with Crippen molar-refractivity contribution < 1.29 is 9.53 Å². The molecule has 1 aromatic carbocycles. The number of hydrogen-bond donors (Lipinski definition) is 2. The summed E-state index contributed by atoms with van der Waals surface area (Å²) in [7, 11) is 0. The molecular formula is C18H30N2O2. The summed E-state index contributed by atoms with van der Waals surface area (Å²) in [6, 6.07) is 10.8. The van der Waals surface area contributed by atoms with Crippen molar-refractivity contribution in [2.45, 2.75) is 65.1 Å². The molecule has 0 aliphatic carbocycles. The number of rotatable bonds is 7. The van der Waals surface area contributed by atoms with Crippen LogP contribution in [0.15, 0.2) is 30.3 Å². The van der Waals surface area contributed by atoms with Gasteiger partial charge in [0.25, 0.3) is 0 Å². The molecule has 1 rings (SSSR count). The maximum Gasteiger partial charge on any atom is 0.407 e. The number of ether oxygens (including phenoxy) is 1. The van der Waals surface area contributed by atoms with Crippen LogP contribution in [0.2, 0.25) is 0 Å². The zero-order chi connectivity index (χ0) is 16.6. The predicted octanol–water partition coefficient (Wildman–Crippen LogP) is 3.51. The number of carbonyl (C=O) groups excluding carboxylic acids is 1. The van der Waals surface area contributed by atoms with Crippen molar-refractivity contribution in [2.75, 3.05) is 6.54 Å². The molecule has 2 N–H and O–H groups in total. The fourth-order valence-corrected chi connectivity index (χ4v) is 2.15. The molecule has 0 aliphatic rings. The first-order valence-corrected chi connectivity index (χ1v) is 8.07. The molecule has 0 saturated carbocycles. The Balaban J connectivity index is 2.35. The Hall–Kier alpha value is -1.55. The van der Waals surface area contributed by atoms with Gasteiger partial charge in [-0.1, -0.05) is 37.3 Å². The van der Waals surface area contributed by atoms with Gasteiger partial charge < -0.3 is 15.4 Å². The lowest BCUT2D eigenvalue weighted by Crippen LogP contribution is -2.46. The quantitative estimate of drug-likeness (QED) is 0.810. The van der Waals surface area contributed by atoms with Crippen molar-refractivity contribution in [3.8, 4) is 0 Å². The highest BCUT2D eigenvalue weighted by Gasteiger charge is 2.18. The highest BCUT2D eigenvalue weighted by molar-refractivity contribution is 5.68. The normalized spacial score (nSPS) is 14.2. The minimum absolute atomic E-state index is 0.0769. The van der Waals surface area contributed by atoms with E-state index in [-0.39, 0.29) is 12.1 Å². The molecule has 124 valence electrons. The standard InChI is InChI=1S/C18H30N2O2/c1-6-16(20-17(21)22-18(3,4)5)13-19-14(2)12-15-10-8-7-9-11-15/h7-11,14,16,19H,6,12-13H2,1-5H3,(H,20,21). The van der Waals surface area contributed by atoms with Gasteiger partial charge in [-0.3, -0.25) is 0 Å². The number of alkyl carbamates (subject to hydrolysis) is 1. The zero-order valence-corrected chi connectivity index (χ0v) is 14.5. The van der Waals surface area contributed by atoms with E-state index in [1.165, 1.54) is 5.56 Å². The predicted molar refractivity (Wildman–Crippen MR) is 91.1 cm³/mol. The molecule has 0 fully saturated rings. The van der Waals surface area contributed by atoms with E-state index in [1.807, 2.05) is 26.8 Å². The Morgan fingerprint density at radius 3 is 2.41 bits per heavy atom. The molecule has 2 atom stereocenters. The van der Waals surface area contributed by atoms with Crippen LogP contribution in [-0.2, 0) is 11.2 Å². The molecule has 0 saturated heterocycles. The van der Waals surface area contributed by atoms with E-state index in [2.05, 4.69) is 48.7 Å². The SMILES string of the molecule is CCC(CNC(C)Cc1ccccc1)NC(=O)OC(C)(C)C. The van der Waals surface area contributed by atoms with Gasteiger partial charge in [-0.15, -0.1) is 0 Å². The van der Waals surface area contributed by atoms with Crippen LogP contribution in [0, 0.1) is 0 Å². The van der Waals surface area contributed by atoms with Crippen LogP contribution in [-0.4, -0.2) is 30.3 Å². The van der Waals surface area contributed by atoms with E-state index >= 15 is 0 Å². The van der Waals surface area contributed by atoms with E-state index < -0.39 is 5.60 Å². The smallest absolute Gasteiger partial charge is 0.407 e. The second kappa shape index (κ2) is 8.79. The first-order chi connectivity index (χ1) is 10.3. The third-order valence-corrected chi connectivity index (χ3v) is 3.31. The van der Waals surface area contributed by atoms with E-state index in [1.54, 1.807) is 0 Å². The lowest BCUT2D eigenvalue weighted by Gasteiger charge is -2.24. The summed E-state index contributed by atoms with van der Waals surface area (Å²) in [5.41, 5.74) is 0.854. The maximum absolute atomic E-state index is 11.8. The first kappa shape index (κ1) is 18.5. The summed E-state index contributed by atoms with van der Waals surface area (Å²) in [6.45, 7) is 10.6. The summed E-state index contributed by atoms with van der Waals surface area (Å²) in [5, 5.41) is 6.40. The van der Waals surface area contributed by atoms with Gasteiger partial charge in [0.1, 0.15) is 5.60 Å². The first-order valence-electron chi connectivity index (χ1n) is 8.07. The second-order valence-electron chi connectivity index (χ2n) is 6.75. The molecule has 1 aromatic rings. The largest absolute Gasteiger partial charge is 0.444 e. The van der Waals surface area contributed by atoms with E-state index in [9.17, 15) is 4.79 Å². The van der Waals surface area contributed by atoms with Gasteiger partial charge in [0.15, 0.2) is 0 Å². The van der Waals surface area contributed by atoms with Gasteiger partial charge >= 0.3 is 6.09 Å². The van der Waals surface area contributed by atoms with Gasteiger partial charge in [0.05, 0.1) is 0 Å². The Bertz CT molecular complexity index is 440. The fourth-order valence-electron chi connectivity index (χ4n) is 2.15. The van der Waals surface area contributed by atoms with Gasteiger partial charge in [-0.2, -0.15) is 0 Å². The van der Waals surface area contributed by atoms with E-state index in [0.717, 1.165) is 19.4 Å². The summed E-state index contributed by atoms with van der Waals surface area (Å²) < 4.78 is 5.29. The molecule has 0 heterocycles. The average molecular weight is 306 g/mol. The van der Waals surface area contributed by atoms with Gasteiger partial charge in [0, 0.05) is 18.6 Å². The topological polar surface area (TPSA) is 50.4 Å². The second-order valence-corrected chi connectivity index (χ2v) is 6.75. The van der Waals surface area contributed by atoms with Crippen LogP contribution < -0.4 is 10.6 Å². The van der Waals surface area contributed by atoms with E-state index in [0.29, 0.717) is 6.04 Å². The zero-order valence-electron chi connectivity index (χ0n) is 14.5. The highest BCUT2D eigenvalue weighted by atomic mass is 16.6. The average Bonchev–Trinajstić information content (AvgIpc) is 2.42.